The van der Waals surface area contributed by atoms with Crippen LogP contribution in [0.1, 0.15) is 6.92 Å². The fraction of sp³-hybridized carbons (Fsp3) is 0.176. The molecular formula is C17H16ClNO5. The van der Waals surface area contributed by atoms with Crippen molar-refractivity contribution in [1.29, 1.82) is 0 Å². The second-order valence-electron chi connectivity index (χ2n) is 4.86. The van der Waals surface area contributed by atoms with Crippen LogP contribution in [0.5, 0.6) is 17.2 Å². The molecule has 1 amide bonds. The normalized spacial score (nSPS) is 11.4. The number of hydrogen-bond donors (Lipinski definition) is 1. The van der Waals surface area contributed by atoms with E-state index in [1.807, 2.05) is 0 Å². The summed E-state index contributed by atoms with van der Waals surface area (Å²) < 4.78 is 15.8. The van der Waals surface area contributed by atoms with Crippen LogP contribution in [0.15, 0.2) is 48.5 Å². The van der Waals surface area contributed by atoms with Crippen molar-refractivity contribution in [2.45, 2.75) is 13.0 Å². The Morgan fingerprint density at radius 1 is 1.08 bits per heavy atom. The van der Waals surface area contributed by atoms with Gasteiger partial charge in [-0.1, -0.05) is 17.7 Å². The van der Waals surface area contributed by atoms with Crippen LogP contribution in [0.4, 0.5) is 0 Å². The predicted molar refractivity (Wildman–Crippen MR) is 88.3 cm³/mol. The zero-order chi connectivity index (χ0) is 17.5. The molecule has 0 unspecified atom stereocenters. The van der Waals surface area contributed by atoms with Crippen LogP contribution < -0.4 is 19.9 Å². The van der Waals surface area contributed by atoms with Gasteiger partial charge < -0.3 is 19.9 Å². The number of carbonyl (C=O) groups is 2. The van der Waals surface area contributed by atoms with Gasteiger partial charge in [-0.05, 0) is 49.4 Å². The monoisotopic (exact) mass is 349 g/mol. The molecule has 0 bridgehead atoms. The first-order valence-electron chi connectivity index (χ1n) is 7.09. The smallest absolute Gasteiger partial charge is 0.352 e. The van der Waals surface area contributed by atoms with Crippen molar-refractivity contribution in [3.05, 3.63) is 53.6 Å². The third kappa shape index (κ3) is 5.48. The van der Waals surface area contributed by atoms with Crippen molar-refractivity contribution >= 4 is 23.5 Å². The molecule has 1 atom stereocenters. The lowest BCUT2D eigenvalue weighted by atomic mass is 10.3. The molecule has 24 heavy (non-hydrogen) atoms. The minimum atomic E-state index is -0.811. The van der Waals surface area contributed by atoms with Gasteiger partial charge in [0.05, 0.1) is 0 Å². The number of amides is 1. The molecule has 0 aliphatic rings. The SMILES string of the molecule is C[C@@H](Oc1cccc(Cl)c1)C(=O)Oc1ccc(OCC(N)=O)cc1. The number of nitrogens with two attached hydrogens (primary N) is 1. The Hall–Kier alpha value is -2.73. The summed E-state index contributed by atoms with van der Waals surface area (Å²) in [6, 6.07) is 12.9. The van der Waals surface area contributed by atoms with Crippen LogP contribution in [0.2, 0.25) is 5.02 Å². The molecule has 0 spiro atoms. The molecule has 0 radical (unpaired) electrons. The molecule has 2 aromatic carbocycles. The lowest BCUT2D eigenvalue weighted by molar-refractivity contribution is -0.141. The van der Waals surface area contributed by atoms with E-state index < -0.39 is 18.0 Å². The van der Waals surface area contributed by atoms with Crippen LogP contribution in [-0.2, 0) is 9.59 Å². The summed E-state index contributed by atoms with van der Waals surface area (Å²) >= 11 is 5.86. The molecular weight excluding hydrogens is 334 g/mol. The third-order valence-corrected chi connectivity index (χ3v) is 3.10. The van der Waals surface area contributed by atoms with E-state index in [0.29, 0.717) is 22.3 Å². The topological polar surface area (TPSA) is 87.8 Å². The number of hydrogen-bond acceptors (Lipinski definition) is 5. The van der Waals surface area contributed by atoms with Gasteiger partial charge in [0.2, 0.25) is 0 Å². The van der Waals surface area contributed by atoms with Crippen LogP contribution in [0.25, 0.3) is 0 Å². The fourth-order valence-corrected chi connectivity index (χ4v) is 1.93. The Kier molecular flexibility index (Phi) is 6.03. The largest absolute Gasteiger partial charge is 0.484 e. The first-order chi connectivity index (χ1) is 11.4. The maximum Gasteiger partial charge on any atom is 0.352 e. The van der Waals surface area contributed by atoms with Crippen molar-refractivity contribution in [2.24, 2.45) is 5.73 Å². The third-order valence-electron chi connectivity index (χ3n) is 2.86. The summed E-state index contributed by atoms with van der Waals surface area (Å²) in [4.78, 5) is 22.7. The van der Waals surface area contributed by atoms with Crippen molar-refractivity contribution in [3.8, 4) is 17.2 Å². The highest BCUT2D eigenvalue weighted by molar-refractivity contribution is 6.30. The van der Waals surface area contributed by atoms with E-state index >= 15 is 0 Å². The molecule has 7 heteroatoms. The fourth-order valence-electron chi connectivity index (χ4n) is 1.75. The van der Waals surface area contributed by atoms with Gasteiger partial charge in [-0.15, -0.1) is 0 Å². The Bertz CT molecular complexity index is 717. The van der Waals surface area contributed by atoms with Gasteiger partial charge in [0.1, 0.15) is 17.2 Å². The van der Waals surface area contributed by atoms with Gasteiger partial charge in [0.15, 0.2) is 12.7 Å². The molecule has 0 aromatic heterocycles. The van der Waals surface area contributed by atoms with Crippen molar-refractivity contribution in [1.82, 2.24) is 0 Å². The van der Waals surface area contributed by atoms with E-state index in [1.54, 1.807) is 55.5 Å². The lowest BCUT2D eigenvalue weighted by Crippen LogP contribution is -2.28. The number of rotatable bonds is 7. The number of ether oxygens (including phenoxy) is 3. The van der Waals surface area contributed by atoms with Crippen LogP contribution in [0.3, 0.4) is 0 Å². The van der Waals surface area contributed by atoms with Crippen LogP contribution in [0, 0.1) is 0 Å². The van der Waals surface area contributed by atoms with E-state index in [1.165, 1.54) is 0 Å². The molecule has 2 rings (SSSR count). The maximum atomic E-state index is 12.0. The summed E-state index contributed by atoms with van der Waals surface area (Å²) in [6.07, 6.45) is -0.811. The Morgan fingerprint density at radius 2 is 1.75 bits per heavy atom. The summed E-state index contributed by atoms with van der Waals surface area (Å²) in [5.74, 6) is 0.116. The summed E-state index contributed by atoms with van der Waals surface area (Å²) in [6.45, 7) is 1.36. The van der Waals surface area contributed by atoms with Crippen molar-refractivity contribution in [3.63, 3.8) is 0 Å². The van der Waals surface area contributed by atoms with E-state index in [9.17, 15) is 9.59 Å². The average Bonchev–Trinajstić information content (AvgIpc) is 2.54. The maximum absolute atomic E-state index is 12.0. The summed E-state index contributed by atoms with van der Waals surface area (Å²) in [5.41, 5.74) is 4.99. The highest BCUT2D eigenvalue weighted by Gasteiger charge is 2.17. The number of primary amides is 1. The summed E-state index contributed by atoms with van der Waals surface area (Å²) in [7, 11) is 0. The van der Waals surface area contributed by atoms with Gasteiger partial charge in [-0.3, -0.25) is 4.79 Å². The average molecular weight is 350 g/mol. The number of esters is 1. The lowest BCUT2D eigenvalue weighted by Gasteiger charge is -2.14. The highest BCUT2D eigenvalue weighted by atomic mass is 35.5. The molecule has 6 nitrogen and oxygen atoms in total. The zero-order valence-corrected chi connectivity index (χ0v) is 13.7. The van der Waals surface area contributed by atoms with Gasteiger partial charge >= 0.3 is 5.97 Å². The molecule has 0 aliphatic heterocycles. The Balaban J connectivity index is 1.90. The zero-order valence-electron chi connectivity index (χ0n) is 12.9. The van der Waals surface area contributed by atoms with Crippen LogP contribution in [-0.4, -0.2) is 24.6 Å². The van der Waals surface area contributed by atoms with Gasteiger partial charge in [-0.25, -0.2) is 4.79 Å². The molecule has 126 valence electrons. The summed E-state index contributed by atoms with van der Waals surface area (Å²) in [5, 5.41) is 0.514. The highest BCUT2D eigenvalue weighted by Crippen LogP contribution is 2.20. The second-order valence-corrected chi connectivity index (χ2v) is 5.30. The minimum absolute atomic E-state index is 0.219. The molecule has 2 aromatic rings. The number of benzene rings is 2. The molecule has 0 heterocycles. The van der Waals surface area contributed by atoms with E-state index in [0.717, 1.165) is 0 Å². The predicted octanol–water partition coefficient (Wildman–Crippen LogP) is 2.58. The molecule has 0 saturated carbocycles. The van der Waals surface area contributed by atoms with Crippen molar-refractivity contribution < 1.29 is 23.8 Å². The standard InChI is InChI=1S/C17H16ClNO5/c1-11(23-15-4-2-3-12(18)9-15)17(21)24-14-7-5-13(6-8-14)22-10-16(19)20/h2-9,11H,10H2,1H3,(H2,19,20)/t11-/m1/s1. The van der Waals surface area contributed by atoms with Crippen LogP contribution >= 0.6 is 11.6 Å². The van der Waals surface area contributed by atoms with Gasteiger partial charge in [0.25, 0.3) is 5.91 Å². The van der Waals surface area contributed by atoms with Crippen molar-refractivity contribution in [2.75, 3.05) is 6.61 Å². The Morgan fingerprint density at radius 3 is 2.38 bits per heavy atom. The first kappa shape index (κ1) is 17.6. The van der Waals surface area contributed by atoms with E-state index in [2.05, 4.69) is 0 Å². The minimum Gasteiger partial charge on any atom is -0.484 e. The first-order valence-corrected chi connectivity index (χ1v) is 7.47. The van der Waals surface area contributed by atoms with E-state index in [-0.39, 0.29) is 6.61 Å². The Labute approximate surface area is 144 Å². The van der Waals surface area contributed by atoms with E-state index in [4.69, 9.17) is 31.5 Å². The molecule has 2 N–H and O–H groups in total. The second kappa shape index (κ2) is 8.21. The molecule has 0 saturated heterocycles. The number of halogens is 1. The van der Waals surface area contributed by atoms with Gasteiger partial charge in [0, 0.05) is 5.02 Å². The molecule has 0 aliphatic carbocycles. The number of carbonyl (C=O) groups excluding carboxylic acids is 2. The van der Waals surface area contributed by atoms with Gasteiger partial charge in [-0.2, -0.15) is 0 Å². The quantitative estimate of drug-likeness (QED) is 0.613. The molecule has 0 fully saturated rings.